The number of primary amides is 1. The number of carbonyl (C=O) groups is 1. The Bertz CT molecular complexity index is 1070. The van der Waals surface area contributed by atoms with Crippen LogP contribution in [0.4, 0.5) is 11.4 Å². The molecule has 0 bridgehead atoms. The number of carbonyl (C=O) groups excluding carboxylic acids is 1. The highest BCUT2D eigenvalue weighted by Gasteiger charge is 2.51. The normalized spacial score (nSPS) is 19.3. The maximum absolute atomic E-state index is 14.1. The molecule has 0 aliphatic carbocycles. The molecular weight excluding hydrogens is 410 g/mol. The van der Waals surface area contributed by atoms with Gasteiger partial charge in [-0.1, -0.05) is 43.3 Å². The van der Waals surface area contributed by atoms with Crippen molar-refractivity contribution < 1.29 is 9.35 Å². The molecule has 1 amide bonds. The monoisotopic (exact) mass is 435 g/mol. The number of hydrogen-bond acceptors (Lipinski definition) is 5. The van der Waals surface area contributed by atoms with Crippen LogP contribution in [0.3, 0.4) is 0 Å². The number of amides is 1. The van der Waals surface area contributed by atoms with Crippen molar-refractivity contribution in [1.82, 2.24) is 15.2 Å². The van der Waals surface area contributed by atoms with Gasteiger partial charge in [0, 0.05) is 24.1 Å². The average molecular weight is 436 g/mol. The summed E-state index contributed by atoms with van der Waals surface area (Å²) in [4.78, 5) is 16.6. The second-order valence-corrected chi connectivity index (χ2v) is 9.30. The summed E-state index contributed by atoms with van der Waals surface area (Å²) in [6.07, 6.45) is 4.95. The van der Waals surface area contributed by atoms with E-state index < -0.39 is 22.0 Å². The summed E-state index contributed by atoms with van der Waals surface area (Å²) in [5.74, 6) is 0.239. The van der Waals surface area contributed by atoms with E-state index in [2.05, 4.69) is 27.0 Å². The van der Waals surface area contributed by atoms with Crippen molar-refractivity contribution in [1.29, 1.82) is 0 Å². The number of fused-ring (bicyclic) bond motifs is 1. The van der Waals surface area contributed by atoms with Gasteiger partial charge in [-0.3, -0.25) is 9.69 Å². The topological polar surface area (TPSA) is 111 Å². The Morgan fingerprint density at radius 2 is 1.97 bits per heavy atom. The van der Waals surface area contributed by atoms with Crippen molar-refractivity contribution in [2.45, 2.75) is 36.8 Å². The summed E-state index contributed by atoms with van der Waals surface area (Å²) in [6.45, 7) is 2.06. The van der Waals surface area contributed by atoms with E-state index in [0.29, 0.717) is 17.8 Å². The molecule has 0 spiro atoms. The van der Waals surface area contributed by atoms with Crippen molar-refractivity contribution in [2.24, 2.45) is 5.73 Å². The number of rotatable bonds is 7. The maximum Gasteiger partial charge on any atom is 0.244 e. The third-order valence-corrected chi connectivity index (χ3v) is 7.43. The van der Waals surface area contributed by atoms with Crippen LogP contribution in [-0.2, 0) is 21.7 Å². The summed E-state index contributed by atoms with van der Waals surface area (Å²) < 4.78 is 14.1. The van der Waals surface area contributed by atoms with Gasteiger partial charge in [0.1, 0.15) is 6.33 Å². The number of nitrogens with one attached hydrogen (secondary N) is 1. The highest BCUT2D eigenvalue weighted by molar-refractivity contribution is 7.92. The molecule has 1 aliphatic heterocycles. The smallest absolute Gasteiger partial charge is 0.244 e. The summed E-state index contributed by atoms with van der Waals surface area (Å²) in [5, 5.41) is 7.86. The zero-order valence-corrected chi connectivity index (χ0v) is 18.1. The van der Waals surface area contributed by atoms with Gasteiger partial charge in [0.05, 0.1) is 5.69 Å². The Hall–Kier alpha value is -3.10. The molecule has 3 N–H and O–H groups in total. The molecule has 2 unspecified atom stereocenters. The third kappa shape index (κ3) is 4.08. The van der Waals surface area contributed by atoms with Crippen molar-refractivity contribution in [2.75, 3.05) is 4.90 Å². The van der Waals surface area contributed by atoms with Gasteiger partial charge in [-0.15, -0.1) is 10.2 Å². The molecule has 7 nitrogen and oxygen atoms in total. The van der Waals surface area contributed by atoms with Gasteiger partial charge in [0.25, 0.3) is 0 Å². The van der Waals surface area contributed by atoms with E-state index in [4.69, 9.17) is 5.73 Å². The fourth-order valence-electron chi connectivity index (χ4n) is 4.20. The second-order valence-electron chi connectivity index (χ2n) is 7.56. The van der Waals surface area contributed by atoms with Gasteiger partial charge in [0.2, 0.25) is 10.8 Å². The first-order chi connectivity index (χ1) is 15.0. The summed E-state index contributed by atoms with van der Waals surface area (Å²) in [7, 11) is 0. The van der Waals surface area contributed by atoms with E-state index in [-0.39, 0.29) is 12.2 Å². The fraction of sp³-hybridized carbons (Fsp3) is 0.261. The quantitative estimate of drug-likeness (QED) is 0.550. The van der Waals surface area contributed by atoms with Crippen LogP contribution in [0, 0.1) is 0 Å². The zero-order chi connectivity index (χ0) is 21.8. The van der Waals surface area contributed by atoms with Gasteiger partial charge < -0.3 is 15.3 Å². The lowest BCUT2D eigenvalue weighted by Crippen LogP contribution is -2.53. The molecule has 160 valence electrons. The van der Waals surface area contributed by atoms with E-state index in [0.717, 1.165) is 23.4 Å². The first-order valence-electron chi connectivity index (χ1n) is 10.2. The number of hydrogen-bond donors (Lipinski definition) is 2. The second kappa shape index (κ2) is 8.95. The predicted octanol–water partition coefficient (Wildman–Crippen LogP) is 3.66. The first-order valence-corrected chi connectivity index (χ1v) is 11.5. The molecule has 1 aromatic heterocycles. The largest absolute Gasteiger partial charge is 0.614 e. The molecule has 1 aliphatic rings. The number of aromatic amines is 1. The third-order valence-electron chi connectivity index (χ3n) is 5.51. The minimum Gasteiger partial charge on any atom is -0.614 e. The highest BCUT2D eigenvalue weighted by atomic mass is 32.2. The van der Waals surface area contributed by atoms with Gasteiger partial charge >= 0.3 is 0 Å². The Balaban J connectivity index is 1.95. The molecule has 0 saturated heterocycles. The molecule has 2 aromatic carbocycles. The van der Waals surface area contributed by atoms with Crippen molar-refractivity contribution in [3.8, 4) is 0 Å². The molecule has 2 atom stereocenters. The number of para-hydroxylation sites is 2. The molecule has 8 heteroatoms. The number of benzene rings is 2. The van der Waals surface area contributed by atoms with Gasteiger partial charge in [-0.25, -0.2) is 0 Å². The van der Waals surface area contributed by atoms with E-state index in [1.165, 1.54) is 6.33 Å². The summed E-state index contributed by atoms with van der Waals surface area (Å²) in [5.41, 5.74) is 8.92. The van der Waals surface area contributed by atoms with E-state index in [9.17, 15) is 9.35 Å². The Morgan fingerprint density at radius 3 is 2.65 bits per heavy atom. The van der Waals surface area contributed by atoms with Crippen molar-refractivity contribution in [3.05, 3.63) is 77.9 Å². The van der Waals surface area contributed by atoms with Crippen LogP contribution in [0.25, 0.3) is 6.08 Å². The zero-order valence-electron chi connectivity index (χ0n) is 17.3. The molecule has 31 heavy (non-hydrogen) atoms. The van der Waals surface area contributed by atoms with Crippen LogP contribution in [0.2, 0.25) is 0 Å². The van der Waals surface area contributed by atoms with E-state index in [1.807, 2.05) is 60.7 Å². The minimum absolute atomic E-state index is 0.192. The van der Waals surface area contributed by atoms with Crippen LogP contribution in [-0.4, -0.2) is 30.5 Å². The Morgan fingerprint density at radius 1 is 1.23 bits per heavy atom. The average Bonchev–Trinajstić information content (AvgIpc) is 3.22. The van der Waals surface area contributed by atoms with Crippen LogP contribution in [0.1, 0.15) is 37.6 Å². The minimum atomic E-state index is -1.44. The molecule has 0 radical (unpaired) electrons. The van der Waals surface area contributed by atoms with E-state index >= 15 is 0 Å². The van der Waals surface area contributed by atoms with Crippen LogP contribution in [0.5, 0.6) is 0 Å². The predicted molar refractivity (Wildman–Crippen MR) is 123 cm³/mol. The first kappa shape index (κ1) is 21.1. The molecule has 0 saturated carbocycles. The van der Waals surface area contributed by atoms with Crippen LogP contribution >= 0.6 is 0 Å². The standard InChI is InChI=1S/C23H25N5O2S/c1-2-12-23(31(30)15-21-25-16-26-27-21)14-18(22(24)29)13-17-8-6-7-11-20(17)28(23)19-9-4-3-5-10-19/h3-11,13,16H,2,12,14-15H2,1H3,(H2,24,29)(H,25,26,27). The van der Waals surface area contributed by atoms with Crippen molar-refractivity contribution >= 4 is 34.5 Å². The highest BCUT2D eigenvalue weighted by Crippen LogP contribution is 2.47. The van der Waals surface area contributed by atoms with Gasteiger partial charge in [-0.05, 0) is 47.4 Å². The lowest BCUT2D eigenvalue weighted by molar-refractivity contribution is -0.114. The SMILES string of the molecule is CCCC1([S+]([O-])Cc2nnc[nH]2)CC(C(N)=O)=Cc2ccccc2N1c1ccccc1. The lowest BCUT2D eigenvalue weighted by Gasteiger charge is -2.45. The number of anilines is 2. The van der Waals surface area contributed by atoms with Gasteiger partial charge in [0.15, 0.2) is 11.6 Å². The molecule has 0 fully saturated rings. The van der Waals surface area contributed by atoms with E-state index in [1.54, 1.807) is 0 Å². The molecule has 2 heterocycles. The molecule has 4 rings (SSSR count). The Kier molecular flexibility index (Phi) is 6.11. The number of aromatic nitrogens is 3. The fourth-order valence-corrected chi connectivity index (χ4v) is 6.02. The van der Waals surface area contributed by atoms with Crippen LogP contribution < -0.4 is 10.6 Å². The molecule has 3 aromatic rings. The number of nitrogens with two attached hydrogens (primary N) is 1. The maximum atomic E-state index is 14.1. The number of H-pyrrole nitrogens is 1. The van der Waals surface area contributed by atoms with Crippen LogP contribution in [0.15, 0.2) is 66.5 Å². The number of nitrogens with zero attached hydrogens (tertiary/aromatic N) is 3. The summed E-state index contributed by atoms with van der Waals surface area (Å²) in [6, 6.07) is 17.7. The van der Waals surface area contributed by atoms with Crippen molar-refractivity contribution in [3.63, 3.8) is 0 Å². The molecular formula is C23H25N5O2S. The lowest BCUT2D eigenvalue weighted by atomic mass is 9.99. The van der Waals surface area contributed by atoms with Gasteiger partial charge in [-0.2, -0.15) is 0 Å². The summed E-state index contributed by atoms with van der Waals surface area (Å²) >= 11 is -1.44. The Labute approximate surface area is 184 Å².